The maximum Gasteiger partial charge on any atom is 0.225 e. The number of carbonyl (C=O) groups is 1. The van der Waals surface area contributed by atoms with Crippen molar-refractivity contribution in [1.29, 1.82) is 0 Å². The molecule has 0 radical (unpaired) electrons. The van der Waals surface area contributed by atoms with Gasteiger partial charge in [0, 0.05) is 24.4 Å². The Bertz CT molecular complexity index is 586. The number of anilines is 2. The van der Waals surface area contributed by atoms with E-state index in [0.717, 1.165) is 21.7 Å². The fourth-order valence-corrected chi connectivity index (χ4v) is 3.37. The van der Waals surface area contributed by atoms with Gasteiger partial charge in [0.1, 0.15) is 0 Å². The smallest absolute Gasteiger partial charge is 0.225 e. The number of thioether (sulfide) groups is 1. The first-order valence-corrected chi connectivity index (χ1v) is 8.99. The van der Waals surface area contributed by atoms with Crippen LogP contribution in [-0.2, 0) is 4.79 Å². The van der Waals surface area contributed by atoms with Crippen molar-refractivity contribution in [3.8, 4) is 0 Å². The number of carbonyl (C=O) groups excluding carboxylic acids is 1. The number of benzene rings is 1. The molecule has 118 valence electrons. The zero-order valence-electron chi connectivity index (χ0n) is 12.7. The van der Waals surface area contributed by atoms with Gasteiger partial charge in [-0.15, -0.1) is 10.2 Å². The van der Waals surface area contributed by atoms with Crippen molar-refractivity contribution >= 4 is 39.8 Å². The quantitative estimate of drug-likeness (QED) is 0.719. The Kier molecular flexibility index (Phi) is 6.67. The zero-order chi connectivity index (χ0) is 15.8. The summed E-state index contributed by atoms with van der Waals surface area (Å²) in [5, 5.41) is 15.2. The average Bonchev–Trinajstić information content (AvgIpc) is 2.94. The lowest BCUT2D eigenvalue weighted by Gasteiger charge is -2.04. The monoisotopic (exact) mass is 336 g/mol. The molecular weight excluding hydrogens is 316 g/mol. The molecule has 2 aromatic rings. The summed E-state index contributed by atoms with van der Waals surface area (Å²) in [6.07, 6.45) is 0.452. The Hall–Kier alpha value is -1.60. The summed E-state index contributed by atoms with van der Waals surface area (Å²) in [5.41, 5.74) is 0.827. The topological polar surface area (TPSA) is 66.9 Å². The summed E-state index contributed by atoms with van der Waals surface area (Å²) in [6, 6.07) is 9.48. The molecule has 1 heterocycles. The molecule has 1 aromatic heterocycles. The van der Waals surface area contributed by atoms with Gasteiger partial charge in [-0.25, -0.2) is 0 Å². The van der Waals surface area contributed by atoms with E-state index in [4.69, 9.17) is 0 Å². The molecule has 1 amide bonds. The van der Waals surface area contributed by atoms with Gasteiger partial charge in [0.25, 0.3) is 0 Å². The molecule has 22 heavy (non-hydrogen) atoms. The van der Waals surface area contributed by atoms with E-state index in [9.17, 15) is 4.79 Å². The molecule has 5 nitrogen and oxygen atoms in total. The number of amides is 1. The summed E-state index contributed by atoms with van der Waals surface area (Å²) in [5.74, 6) is 1.28. The van der Waals surface area contributed by atoms with Gasteiger partial charge in [-0.3, -0.25) is 4.79 Å². The molecule has 0 saturated carbocycles. The van der Waals surface area contributed by atoms with Crippen LogP contribution in [0.15, 0.2) is 34.7 Å². The predicted molar refractivity (Wildman–Crippen MR) is 93.6 cm³/mol. The third-order valence-corrected chi connectivity index (χ3v) is 4.70. The van der Waals surface area contributed by atoms with Gasteiger partial charge in [-0.2, -0.15) is 0 Å². The fraction of sp³-hybridized carbons (Fsp3) is 0.400. The standard InChI is InChI=1S/C15H20N4OS2/c1-11(2)10-16-14-18-19-15(22-14)21-9-8-13(20)17-12-6-4-3-5-7-12/h3-7,11H,8-10H2,1-2H3,(H,16,18)(H,17,20). The van der Waals surface area contributed by atoms with Crippen LogP contribution in [0.1, 0.15) is 20.3 Å². The molecule has 0 saturated heterocycles. The minimum atomic E-state index is 0.0152. The lowest BCUT2D eigenvalue weighted by atomic mass is 10.2. The van der Waals surface area contributed by atoms with E-state index in [0.29, 0.717) is 18.1 Å². The molecule has 0 aliphatic heterocycles. The molecule has 0 aliphatic rings. The summed E-state index contributed by atoms with van der Waals surface area (Å²) >= 11 is 3.09. The van der Waals surface area contributed by atoms with Crippen LogP contribution in [0.5, 0.6) is 0 Å². The Balaban J connectivity index is 1.69. The second kappa shape index (κ2) is 8.75. The van der Waals surface area contributed by atoms with E-state index in [1.54, 1.807) is 11.8 Å². The summed E-state index contributed by atoms with van der Waals surface area (Å²) < 4.78 is 0.888. The van der Waals surface area contributed by atoms with Crippen LogP contribution >= 0.6 is 23.1 Å². The minimum Gasteiger partial charge on any atom is -0.360 e. The lowest BCUT2D eigenvalue weighted by molar-refractivity contribution is -0.115. The van der Waals surface area contributed by atoms with E-state index in [-0.39, 0.29) is 5.91 Å². The number of aromatic nitrogens is 2. The largest absolute Gasteiger partial charge is 0.360 e. The number of rotatable bonds is 8. The van der Waals surface area contributed by atoms with Crippen LogP contribution in [0, 0.1) is 5.92 Å². The van der Waals surface area contributed by atoms with Crippen molar-refractivity contribution in [2.24, 2.45) is 5.92 Å². The number of para-hydroxylation sites is 1. The van der Waals surface area contributed by atoms with Crippen LogP contribution < -0.4 is 10.6 Å². The van der Waals surface area contributed by atoms with Crippen LogP contribution in [0.25, 0.3) is 0 Å². The Labute approximate surface area is 138 Å². The molecule has 0 aliphatic carbocycles. The Morgan fingerprint density at radius 1 is 1.27 bits per heavy atom. The van der Waals surface area contributed by atoms with Crippen molar-refractivity contribution in [3.05, 3.63) is 30.3 Å². The van der Waals surface area contributed by atoms with Gasteiger partial charge >= 0.3 is 0 Å². The van der Waals surface area contributed by atoms with Crippen molar-refractivity contribution < 1.29 is 4.79 Å². The maximum absolute atomic E-state index is 11.8. The van der Waals surface area contributed by atoms with Crippen LogP contribution in [0.4, 0.5) is 10.8 Å². The van der Waals surface area contributed by atoms with Gasteiger partial charge in [0.2, 0.25) is 11.0 Å². The molecule has 0 spiro atoms. The number of hydrogen-bond acceptors (Lipinski definition) is 6. The van der Waals surface area contributed by atoms with Crippen molar-refractivity contribution in [2.75, 3.05) is 22.9 Å². The molecule has 7 heteroatoms. The fourth-order valence-electron chi connectivity index (χ4n) is 1.61. The Morgan fingerprint density at radius 2 is 2.05 bits per heavy atom. The van der Waals surface area contributed by atoms with Crippen LogP contribution in [0.3, 0.4) is 0 Å². The zero-order valence-corrected chi connectivity index (χ0v) is 14.3. The van der Waals surface area contributed by atoms with E-state index in [1.165, 1.54) is 11.3 Å². The van der Waals surface area contributed by atoms with Gasteiger partial charge in [0.05, 0.1) is 0 Å². The van der Waals surface area contributed by atoms with E-state index < -0.39 is 0 Å². The summed E-state index contributed by atoms with van der Waals surface area (Å²) in [7, 11) is 0. The van der Waals surface area contributed by atoms with E-state index in [1.807, 2.05) is 30.3 Å². The second-order valence-electron chi connectivity index (χ2n) is 5.16. The van der Waals surface area contributed by atoms with Crippen LogP contribution in [0.2, 0.25) is 0 Å². The highest BCUT2D eigenvalue weighted by atomic mass is 32.2. The summed E-state index contributed by atoms with van der Waals surface area (Å²) in [4.78, 5) is 11.8. The third kappa shape index (κ3) is 6.03. The third-order valence-electron chi connectivity index (χ3n) is 2.68. The van der Waals surface area contributed by atoms with Gasteiger partial charge in [-0.1, -0.05) is 55.1 Å². The molecule has 2 rings (SSSR count). The van der Waals surface area contributed by atoms with Gasteiger partial charge in [-0.05, 0) is 18.1 Å². The van der Waals surface area contributed by atoms with Crippen molar-refractivity contribution in [2.45, 2.75) is 24.6 Å². The van der Waals surface area contributed by atoms with Gasteiger partial charge in [0.15, 0.2) is 4.34 Å². The van der Waals surface area contributed by atoms with E-state index in [2.05, 4.69) is 34.7 Å². The first kappa shape index (κ1) is 16.8. The van der Waals surface area contributed by atoms with E-state index >= 15 is 0 Å². The summed E-state index contributed by atoms with van der Waals surface area (Å²) in [6.45, 7) is 5.18. The normalized spacial score (nSPS) is 10.7. The number of nitrogens with one attached hydrogen (secondary N) is 2. The molecule has 0 bridgehead atoms. The predicted octanol–water partition coefficient (Wildman–Crippen LogP) is 3.73. The highest BCUT2D eigenvalue weighted by molar-refractivity contribution is 8.01. The van der Waals surface area contributed by atoms with Crippen molar-refractivity contribution in [3.63, 3.8) is 0 Å². The first-order chi connectivity index (χ1) is 10.6. The molecule has 0 atom stereocenters. The first-order valence-electron chi connectivity index (χ1n) is 7.18. The van der Waals surface area contributed by atoms with Crippen LogP contribution in [-0.4, -0.2) is 28.4 Å². The highest BCUT2D eigenvalue weighted by Gasteiger charge is 2.07. The molecule has 0 fully saturated rings. The molecule has 0 unspecified atom stereocenters. The average molecular weight is 336 g/mol. The lowest BCUT2D eigenvalue weighted by Crippen LogP contribution is -2.11. The SMILES string of the molecule is CC(C)CNc1nnc(SCCC(=O)Nc2ccccc2)s1. The Morgan fingerprint density at radius 3 is 2.77 bits per heavy atom. The molecule has 1 aromatic carbocycles. The number of hydrogen-bond donors (Lipinski definition) is 2. The maximum atomic E-state index is 11.8. The van der Waals surface area contributed by atoms with Crippen molar-refractivity contribution in [1.82, 2.24) is 10.2 Å². The highest BCUT2D eigenvalue weighted by Crippen LogP contribution is 2.26. The molecular formula is C15H20N4OS2. The second-order valence-corrected chi connectivity index (χ2v) is 7.48. The number of nitrogens with zero attached hydrogens (tertiary/aromatic N) is 2. The molecule has 2 N–H and O–H groups in total. The van der Waals surface area contributed by atoms with Gasteiger partial charge < -0.3 is 10.6 Å². The minimum absolute atomic E-state index is 0.0152.